The fourth-order valence-corrected chi connectivity index (χ4v) is 3.67. The minimum atomic E-state index is -0.292. The van der Waals surface area contributed by atoms with Gasteiger partial charge in [-0.1, -0.05) is 30.3 Å². The van der Waals surface area contributed by atoms with E-state index in [9.17, 15) is 9.18 Å². The Balaban J connectivity index is 1.27. The number of halogens is 1. The van der Waals surface area contributed by atoms with Crippen molar-refractivity contribution in [1.82, 2.24) is 4.90 Å². The molecule has 1 aliphatic heterocycles. The van der Waals surface area contributed by atoms with Crippen LogP contribution in [-0.4, -0.2) is 37.0 Å². The fraction of sp³-hybridized carbons (Fsp3) is 0.240. The van der Waals surface area contributed by atoms with Crippen molar-refractivity contribution in [2.24, 2.45) is 0 Å². The maximum atomic E-state index is 13.0. The third-order valence-corrected chi connectivity index (χ3v) is 5.33. The van der Waals surface area contributed by atoms with Crippen molar-refractivity contribution in [1.29, 1.82) is 0 Å². The fourth-order valence-electron chi connectivity index (χ4n) is 3.67. The maximum Gasteiger partial charge on any atom is 0.223 e. The standard InChI is InChI=1S/C25H25FN2O2/c26-21-10-12-23(13-11-21)30-24-8-4-5-20(19-24)9-14-25(29)28-17-15-27(16-18-28)22-6-2-1-3-7-22/h1-8,10-13,19H,9,14-18H2. The summed E-state index contributed by atoms with van der Waals surface area (Å²) in [5, 5.41) is 0. The first-order valence-corrected chi connectivity index (χ1v) is 10.3. The van der Waals surface area contributed by atoms with Crippen LogP contribution in [0.5, 0.6) is 11.5 Å². The molecule has 30 heavy (non-hydrogen) atoms. The summed E-state index contributed by atoms with van der Waals surface area (Å²) in [6, 6.07) is 24.0. The average Bonchev–Trinajstić information content (AvgIpc) is 2.80. The van der Waals surface area contributed by atoms with Crippen LogP contribution in [0.25, 0.3) is 0 Å². The molecule has 3 aromatic carbocycles. The zero-order valence-corrected chi connectivity index (χ0v) is 16.8. The molecule has 0 unspecified atom stereocenters. The van der Waals surface area contributed by atoms with Gasteiger partial charge in [-0.3, -0.25) is 4.79 Å². The maximum absolute atomic E-state index is 13.0. The van der Waals surface area contributed by atoms with Gasteiger partial charge in [0.25, 0.3) is 0 Å². The molecule has 1 aliphatic rings. The van der Waals surface area contributed by atoms with Crippen LogP contribution in [0.15, 0.2) is 78.9 Å². The molecule has 1 amide bonds. The molecule has 0 N–H and O–H groups in total. The van der Waals surface area contributed by atoms with Gasteiger partial charge in [0.2, 0.25) is 5.91 Å². The number of piperazine rings is 1. The van der Waals surface area contributed by atoms with E-state index in [0.717, 1.165) is 31.7 Å². The number of carbonyl (C=O) groups excluding carboxylic acids is 1. The quantitative estimate of drug-likeness (QED) is 0.586. The first kappa shape index (κ1) is 20.0. The summed E-state index contributed by atoms with van der Waals surface area (Å²) in [5.41, 5.74) is 2.26. The van der Waals surface area contributed by atoms with Crippen LogP contribution in [0.1, 0.15) is 12.0 Å². The molecule has 1 fully saturated rings. The Morgan fingerprint density at radius 3 is 2.30 bits per heavy atom. The number of carbonyl (C=O) groups is 1. The SMILES string of the molecule is O=C(CCc1cccc(Oc2ccc(F)cc2)c1)N1CCN(c2ccccc2)CC1. The highest BCUT2D eigenvalue weighted by molar-refractivity contribution is 5.76. The molecular formula is C25H25FN2O2. The van der Waals surface area contributed by atoms with Gasteiger partial charge < -0.3 is 14.5 Å². The first-order chi connectivity index (χ1) is 14.7. The lowest BCUT2D eigenvalue weighted by Gasteiger charge is -2.36. The molecular weight excluding hydrogens is 379 g/mol. The molecule has 0 saturated carbocycles. The number of amides is 1. The summed E-state index contributed by atoms with van der Waals surface area (Å²) >= 11 is 0. The highest BCUT2D eigenvalue weighted by Gasteiger charge is 2.20. The van der Waals surface area contributed by atoms with Gasteiger partial charge in [0, 0.05) is 38.3 Å². The normalized spacial score (nSPS) is 13.9. The number of hydrogen-bond donors (Lipinski definition) is 0. The lowest BCUT2D eigenvalue weighted by Crippen LogP contribution is -2.48. The lowest BCUT2D eigenvalue weighted by atomic mass is 10.1. The number of ether oxygens (including phenoxy) is 1. The van der Waals surface area contributed by atoms with Crippen LogP contribution < -0.4 is 9.64 Å². The predicted molar refractivity (Wildman–Crippen MR) is 116 cm³/mol. The summed E-state index contributed by atoms with van der Waals surface area (Å²) in [6.07, 6.45) is 1.14. The van der Waals surface area contributed by atoms with E-state index in [2.05, 4.69) is 17.0 Å². The second-order valence-corrected chi connectivity index (χ2v) is 7.41. The first-order valence-electron chi connectivity index (χ1n) is 10.3. The van der Waals surface area contributed by atoms with Crippen molar-refractivity contribution in [3.05, 3.63) is 90.2 Å². The molecule has 3 aromatic rings. The number of para-hydroxylation sites is 1. The number of anilines is 1. The van der Waals surface area contributed by atoms with Crippen molar-refractivity contribution < 1.29 is 13.9 Å². The van der Waals surface area contributed by atoms with Crippen LogP contribution in [-0.2, 0) is 11.2 Å². The average molecular weight is 404 g/mol. The zero-order valence-electron chi connectivity index (χ0n) is 16.8. The molecule has 5 heteroatoms. The highest BCUT2D eigenvalue weighted by atomic mass is 19.1. The summed E-state index contributed by atoms with van der Waals surface area (Å²) in [7, 11) is 0. The van der Waals surface area contributed by atoms with E-state index >= 15 is 0 Å². The van der Waals surface area contributed by atoms with Crippen LogP contribution in [0.4, 0.5) is 10.1 Å². The van der Waals surface area contributed by atoms with Crippen molar-refractivity contribution >= 4 is 11.6 Å². The third-order valence-electron chi connectivity index (χ3n) is 5.33. The minimum Gasteiger partial charge on any atom is -0.457 e. The zero-order chi connectivity index (χ0) is 20.8. The molecule has 1 heterocycles. The number of benzene rings is 3. The van der Waals surface area contributed by atoms with Crippen molar-refractivity contribution in [3.63, 3.8) is 0 Å². The third kappa shape index (κ3) is 5.17. The number of hydrogen-bond acceptors (Lipinski definition) is 3. The summed E-state index contributed by atoms with van der Waals surface area (Å²) in [6.45, 7) is 3.22. The molecule has 0 aromatic heterocycles. The van der Waals surface area contributed by atoms with E-state index in [4.69, 9.17) is 4.74 Å². The van der Waals surface area contributed by atoms with Gasteiger partial charge in [0.1, 0.15) is 17.3 Å². The largest absolute Gasteiger partial charge is 0.457 e. The Labute approximate surface area is 176 Å². The smallest absolute Gasteiger partial charge is 0.223 e. The summed E-state index contributed by atoms with van der Waals surface area (Å²) in [4.78, 5) is 16.9. The van der Waals surface area contributed by atoms with Gasteiger partial charge in [-0.25, -0.2) is 4.39 Å². The minimum absolute atomic E-state index is 0.188. The van der Waals surface area contributed by atoms with Crippen LogP contribution >= 0.6 is 0 Å². The van der Waals surface area contributed by atoms with E-state index in [-0.39, 0.29) is 11.7 Å². The topological polar surface area (TPSA) is 32.8 Å². The van der Waals surface area contributed by atoms with Gasteiger partial charge in [0.05, 0.1) is 0 Å². The monoisotopic (exact) mass is 404 g/mol. The second kappa shape index (κ2) is 9.44. The lowest BCUT2D eigenvalue weighted by molar-refractivity contribution is -0.131. The number of aryl methyl sites for hydroxylation is 1. The highest BCUT2D eigenvalue weighted by Crippen LogP contribution is 2.23. The van der Waals surface area contributed by atoms with E-state index in [1.807, 2.05) is 47.4 Å². The number of nitrogens with zero attached hydrogens (tertiary/aromatic N) is 2. The Bertz CT molecular complexity index is 968. The van der Waals surface area contributed by atoms with Gasteiger partial charge in [-0.15, -0.1) is 0 Å². The van der Waals surface area contributed by atoms with Crippen molar-refractivity contribution in [2.45, 2.75) is 12.8 Å². The summed E-state index contributed by atoms with van der Waals surface area (Å²) in [5.74, 6) is 1.16. The second-order valence-electron chi connectivity index (χ2n) is 7.41. The van der Waals surface area contributed by atoms with Gasteiger partial charge in [-0.05, 0) is 60.5 Å². The van der Waals surface area contributed by atoms with Crippen molar-refractivity contribution in [3.8, 4) is 11.5 Å². The van der Waals surface area contributed by atoms with Gasteiger partial charge in [0.15, 0.2) is 0 Å². The van der Waals surface area contributed by atoms with Crippen LogP contribution in [0, 0.1) is 5.82 Å². The molecule has 0 spiro atoms. The van der Waals surface area contributed by atoms with Gasteiger partial charge >= 0.3 is 0 Å². The predicted octanol–water partition coefficient (Wildman–Crippen LogP) is 4.90. The molecule has 4 nitrogen and oxygen atoms in total. The summed E-state index contributed by atoms with van der Waals surface area (Å²) < 4.78 is 18.8. The number of rotatable bonds is 6. The van der Waals surface area contributed by atoms with Crippen LogP contribution in [0.2, 0.25) is 0 Å². The van der Waals surface area contributed by atoms with E-state index in [1.165, 1.54) is 17.8 Å². The Hall–Kier alpha value is -3.34. The van der Waals surface area contributed by atoms with E-state index in [1.54, 1.807) is 12.1 Å². The van der Waals surface area contributed by atoms with Crippen LogP contribution in [0.3, 0.4) is 0 Å². The molecule has 0 radical (unpaired) electrons. The molecule has 1 saturated heterocycles. The molecule has 4 rings (SSSR count). The van der Waals surface area contributed by atoms with Gasteiger partial charge in [-0.2, -0.15) is 0 Å². The Morgan fingerprint density at radius 1 is 0.833 bits per heavy atom. The van der Waals surface area contributed by atoms with Crippen molar-refractivity contribution in [2.75, 3.05) is 31.1 Å². The Morgan fingerprint density at radius 2 is 1.57 bits per heavy atom. The van der Waals surface area contributed by atoms with E-state index < -0.39 is 0 Å². The molecule has 0 aliphatic carbocycles. The van der Waals surface area contributed by atoms with E-state index in [0.29, 0.717) is 24.3 Å². The molecule has 0 bridgehead atoms. The Kier molecular flexibility index (Phi) is 6.28. The molecule has 0 atom stereocenters. The molecule has 154 valence electrons.